The van der Waals surface area contributed by atoms with Gasteiger partial charge in [0.15, 0.2) is 0 Å². The summed E-state index contributed by atoms with van der Waals surface area (Å²) in [5.41, 5.74) is 2.15. The highest BCUT2D eigenvalue weighted by atomic mass is 16.5. The van der Waals surface area contributed by atoms with Crippen LogP contribution in [0.5, 0.6) is 0 Å². The highest BCUT2D eigenvalue weighted by Crippen LogP contribution is 2.32. The molecule has 0 saturated carbocycles. The fraction of sp³-hybridized carbons (Fsp3) is 0.467. The second kappa shape index (κ2) is 6.34. The highest BCUT2D eigenvalue weighted by Gasteiger charge is 2.34. The van der Waals surface area contributed by atoms with E-state index in [0.29, 0.717) is 0 Å². The van der Waals surface area contributed by atoms with Crippen molar-refractivity contribution in [2.45, 2.75) is 31.7 Å². The van der Waals surface area contributed by atoms with E-state index >= 15 is 0 Å². The van der Waals surface area contributed by atoms with E-state index in [1.165, 1.54) is 5.56 Å². The zero-order chi connectivity index (χ0) is 14.7. The number of nitrogens with one attached hydrogen (secondary N) is 1. The molecule has 1 aliphatic heterocycles. The molecular weight excluding hydrogens is 268 g/mol. The number of aromatic amines is 1. The minimum absolute atomic E-state index is 0.0798. The van der Waals surface area contributed by atoms with Gasteiger partial charge in [-0.1, -0.05) is 24.3 Å². The molecule has 2 N–H and O–H groups in total. The standard InChI is InChI=1S/C15H20N4O2/c1-21-13-6-14(15-16-10-17-18-15)19(8-13)7-11-2-4-12(9-20)5-3-11/h2-5,10,13-14,20H,6-9H2,1H3,(H,16,17,18)/t13-,14+/m1/s1. The molecule has 6 nitrogen and oxygen atoms in total. The maximum atomic E-state index is 9.10. The first-order valence-electron chi connectivity index (χ1n) is 7.11. The van der Waals surface area contributed by atoms with Gasteiger partial charge in [-0.05, 0) is 17.5 Å². The van der Waals surface area contributed by atoms with Crippen molar-refractivity contribution in [3.05, 3.63) is 47.5 Å². The van der Waals surface area contributed by atoms with Crippen molar-refractivity contribution in [1.29, 1.82) is 0 Å². The van der Waals surface area contributed by atoms with Gasteiger partial charge in [-0.3, -0.25) is 10.00 Å². The van der Waals surface area contributed by atoms with Gasteiger partial charge in [-0.15, -0.1) is 0 Å². The molecule has 2 atom stereocenters. The van der Waals surface area contributed by atoms with E-state index in [1.807, 2.05) is 12.1 Å². The van der Waals surface area contributed by atoms with Crippen LogP contribution >= 0.6 is 0 Å². The minimum atomic E-state index is 0.0798. The summed E-state index contributed by atoms with van der Waals surface area (Å²) in [6, 6.07) is 8.24. The maximum Gasteiger partial charge on any atom is 0.141 e. The molecule has 112 valence electrons. The van der Waals surface area contributed by atoms with Crippen molar-refractivity contribution in [1.82, 2.24) is 20.1 Å². The molecule has 0 bridgehead atoms. The smallest absolute Gasteiger partial charge is 0.141 e. The number of methoxy groups -OCH3 is 1. The number of aliphatic hydroxyl groups is 1. The summed E-state index contributed by atoms with van der Waals surface area (Å²) in [7, 11) is 1.75. The summed E-state index contributed by atoms with van der Waals surface area (Å²) in [6.45, 7) is 1.79. The molecule has 1 saturated heterocycles. The van der Waals surface area contributed by atoms with Crippen molar-refractivity contribution in [3.8, 4) is 0 Å². The van der Waals surface area contributed by atoms with Crippen LogP contribution in [0.4, 0.5) is 0 Å². The molecule has 0 amide bonds. The molecule has 1 aromatic heterocycles. The molecule has 1 aromatic carbocycles. The number of benzene rings is 1. The fourth-order valence-electron chi connectivity index (χ4n) is 2.85. The van der Waals surface area contributed by atoms with Gasteiger partial charge in [0, 0.05) is 20.2 Å². The number of ether oxygens (including phenoxy) is 1. The van der Waals surface area contributed by atoms with Crippen molar-refractivity contribution in [3.63, 3.8) is 0 Å². The summed E-state index contributed by atoms with van der Waals surface area (Å²) >= 11 is 0. The second-order valence-corrected chi connectivity index (χ2v) is 5.38. The number of hydrogen-bond donors (Lipinski definition) is 2. The quantitative estimate of drug-likeness (QED) is 0.866. The molecule has 21 heavy (non-hydrogen) atoms. The Balaban J connectivity index is 1.74. The zero-order valence-electron chi connectivity index (χ0n) is 12.1. The number of likely N-dealkylation sites (tertiary alicyclic amines) is 1. The Morgan fingerprint density at radius 2 is 2.10 bits per heavy atom. The number of nitrogens with zero attached hydrogens (tertiary/aromatic N) is 3. The van der Waals surface area contributed by atoms with E-state index in [2.05, 4.69) is 32.2 Å². The largest absolute Gasteiger partial charge is 0.392 e. The van der Waals surface area contributed by atoms with Crippen LogP contribution in [0.15, 0.2) is 30.6 Å². The average molecular weight is 288 g/mol. The highest BCUT2D eigenvalue weighted by molar-refractivity contribution is 5.22. The Bertz CT molecular complexity index is 556. The Kier molecular flexibility index (Phi) is 4.28. The minimum Gasteiger partial charge on any atom is -0.392 e. The summed E-state index contributed by atoms with van der Waals surface area (Å²) in [6.07, 6.45) is 2.68. The lowest BCUT2D eigenvalue weighted by molar-refractivity contribution is 0.107. The van der Waals surface area contributed by atoms with Crippen LogP contribution in [-0.2, 0) is 17.9 Å². The van der Waals surface area contributed by atoms with Gasteiger partial charge in [0.2, 0.25) is 0 Å². The van der Waals surface area contributed by atoms with Gasteiger partial charge in [-0.25, -0.2) is 4.98 Å². The number of aliphatic hydroxyl groups excluding tert-OH is 1. The molecule has 2 aromatic rings. The Labute approximate surface area is 123 Å². The molecule has 0 aliphatic carbocycles. The van der Waals surface area contributed by atoms with Crippen molar-refractivity contribution in [2.24, 2.45) is 0 Å². The Morgan fingerprint density at radius 1 is 1.33 bits per heavy atom. The Morgan fingerprint density at radius 3 is 2.71 bits per heavy atom. The monoisotopic (exact) mass is 288 g/mol. The first-order chi connectivity index (χ1) is 10.3. The first-order valence-corrected chi connectivity index (χ1v) is 7.11. The summed E-state index contributed by atoms with van der Waals surface area (Å²) in [4.78, 5) is 6.64. The number of aromatic nitrogens is 3. The van der Waals surface area contributed by atoms with E-state index in [1.54, 1.807) is 13.4 Å². The number of H-pyrrole nitrogens is 1. The van der Waals surface area contributed by atoms with E-state index in [0.717, 1.165) is 30.9 Å². The molecule has 2 heterocycles. The zero-order valence-corrected chi connectivity index (χ0v) is 12.1. The summed E-state index contributed by atoms with van der Waals surface area (Å²) in [5.74, 6) is 0.890. The van der Waals surface area contributed by atoms with Gasteiger partial charge in [0.05, 0.1) is 18.8 Å². The average Bonchev–Trinajstić information content (AvgIpc) is 3.17. The molecular formula is C15H20N4O2. The van der Waals surface area contributed by atoms with E-state index in [9.17, 15) is 0 Å². The van der Waals surface area contributed by atoms with Crippen LogP contribution in [0.25, 0.3) is 0 Å². The first kappa shape index (κ1) is 14.2. The SMILES string of the molecule is CO[C@@H]1C[C@@H](c2ncn[nH]2)N(Cc2ccc(CO)cc2)C1. The molecule has 6 heteroatoms. The van der Waals surface area contributed by atoms with Crippen molar-refractivity contribution in [2.75, 3.05) is 13.7 Å². The van der Waals surface area contributed by atoms with Crippen molar-refractivity contribution >= 4 is 0 Å². The normalized spacial score (nSPS) is 22.8. The molecule has 0 unspecified atom stereocenters. The van der Waals surface area contributed by atoms with Gasteiger partial charge in [-0.2, -0.15) is 5.10 Å². The van der Waals surface area contributed by atoms with Gasteiger partial charge >= 0.3 is 0 Å². The molecule has 0 radical (unpaired) electrons. The van der Waals surface area contributed by atoms with Crippen LogP contribution in [0.1, 0.15) is 29.4 Å². The predicted octanol–water partition coefficient (Wildman–Crippen LogP) is 1.26. The Hall–Kier alpha value is -1.76. The van der Waals surface area contributed by atoms with Crippen molar-refractivity contribution < 1.29 is 9.84 Å². The fourth-order valence-corrected chi connectivity index (χ4v) is 2.85. The molecule has 1 aliphatic rings. The molecule has 3 rings (SSSR count). The third-order valence-corrected chi connectivity index (χ3v) is 4.04. The topological polar surface area (TPSA) is 74.3 Å². The van der Waals surface area contributed by atoms with Crippen LogP contribution < -0.4 is 0 Å². The van der Waals surface area contributed by atoms with E-state index in [4.69, 9.17) is 9.84 Å². The third kappa shape index (κ3) is 3.12. The van der Waals surface area contributed by atoms with Crippen LogP contribution in [-0.4, -0.2) is 44.9 Å². The van der Waals surface area contributed by atoms with E-state index in [-0.39, 0.29) is 18.8 Å². The molecule has 1 fully saturated rings. The summed E-state index contributed by atoms with van der Waals surface area (Å²) in [5, 5.41) is 16.0. The van der Waals surface area contributed by atoms with Crippen LogP contribution in [0.2, 0.25) is 0 Å². The lowest BCUT2D eigenvalue weighted by Gasteiger charge is -2.22. The van der Waals surface area contributed by atoms with Crippen LogP contribution in [0.3, 0.4) is 0 Å². The van der Waals surface area contributed by atoms with Gasteiger partial charge < -0.3 is 9.84 Å². The second-order valence-electron chi connectivity index (χ2n) is 5.38. The third-order valence-electron chi connectivity index (χ3n) is 4.04. The lowest BCUT2D eigenvalue weighted by Crippen LogP contribution is -2.25. The van der Waals surface area contributed by atoms with Gasteiger partial charge in [0.1, 0.15) is 12.2 Å². The number of rotatable bonds is 5. The molecule has 0 spiro atoms. The lowest BCUT2D eigenvalue weighted by atomic mass is 10.1. The van der Waals surface area contributed by atoms with E-state index < -0.39 is 0 Å². The maximum absolute atomic E-state index is 9.10. The van der Waals surface area contributed by atoms with Crippen LogP contribution in [0, 0.1) is 0 Å². The predicted molar refractivity (Wildman–Crippen MR) is 77.3 cm³/mol. The number of hydrogen-bond acceptors (Lipinski definition) is 5. The summed E-state index contributed by atoms with van der Waals surface area (Å²) < 4.78 is 5.51. The van der Waals surface area contributed by atoms with Gasteiger partial charge in [0.25, 0.3) is 0 Å².